The maximum absolute atomic E-state index is 11.9. The lowest BCUT2D eigenvalue weighted by Crippen LogP contribution is -2.63. The van der Waals surface area contributed by atoms with Crippen LogP contribution in [0.5, 0.6) is 0 Å². The summed E-state index contributed by atoms with van der Waals surface area (Å²) in [6.45, 7) is 0.414. The maximum Gasteiger partial charge on any atom is 0.211 e. The summed E-state index contributed by atoms with van der Waals surface area (Å²) < 4.78 is 28.7. The fourth-order valence-electron chi connectivity index (χ4n) is 4.58. The molecular formula is C24H20N8O2S. The van der Waals surface area contributed by atoms with Gasteiger partial charge in [-0.3, -0.25) is 9.67 Å². The highest BCUT2D eigenvalue weighted by atomic mass is 32.2. The number of fused-ring (bicyclic) bond motifs is 2. The molecule has 0 bridgehead atoms. The summed E-state index contributed by atoms with van der Waals surface area (Å²) in [4.78, 5) is 9.51. The highest BCUT2D eigenvalue weighted by molar-refractivity contribution is 7.88. The van der Waals surface area contributed by atoms with E-state index >= 15 is 0 Å². The number of aromatic nitrogens is 6. The number of rotatable bonds is 5. The number of hydrogen-bond acceptors (Lipinski definition) is 7. The number of pyridine rings is 3. The molecule has 0 N–H and O–H groups in total. The van der Waals surface area contributed by atoms with Gasteiger partial charge >= 0.3 is 0 Å². The van der Waals surface area contributed by atoms with E-state index in [0.717, 1.165) is 27.7 Å². The van der Waals surface area contributed by atoms with Crippen LogP contribution in [0.15, 0.2) is 67.3 Å². The Bertz CT molecular complexity index is 1740. The van der Waals surface area contributed by atoms with Gasteiger partial charge in [0.25, 0.3) is 0 Å². The lowest BCUT2D eigenvalue weighted by molar-refractivity contribution is 0.0726. The van der Waals surface area contributed by atoms with Crippen molar-refractivity contribution in [1.29, 1.82) is 5.26 Å². The van der Waals surface area contributed by atoms with E-state index in [9.17, 15) is 13.7 Å². The van der Waals surface area contributed by atoms with Crippen molar-refractivity contribution >= 4 is 26.4 Å². The van der Waals surface area contributed by atoms with Crippen LogP contribution in [0.4, 0.5) is 0 Å². The van der Waals surface area contributed by atoms with Gasteiger partial charge in [0.05, 0.1) is 41.7 Å². The number of nitriles is 1. The summed E-state index contributed by atoms with van der Waals surface area (Å²) in [5.41, 5.74) is 3.88. The molecule has 0 aliphatic carbocycles. The van der Waals surface area contributed by atoms with Crippen LogP contribution >= 0.6 is 0 Å². The molecule has 0 unspecified atom stereocenters. The zero-order chi connectivity index (χ0) is 24.2. The lowest BCUT2D eigenvalue weighted by atomic mass is 9.89. The van der Waals surface area contributed by atoms with Crippen LogP contribution in [0, 0.1) is 11.3 Å². The zero-order valence-corrected chi connectivity index (χ0v) is 19.6. The second kappa shape index (κ2) is 7.69. The molecule has 1 saturated heterocycles. The molecule has 0 radical (unpaired) electrons. The largest absolute Gasteiger partial charge is 0.262 e. The summed E-state index contributed by atoms with van der Waals surface area (Å²) in [6, 6.07) is 15.6. The predicted octanol–water partition coefficient (Wildman–Crippen LogP) is 2.69. The van der Waals surface area contributed by atoms with Crippen LogP contribution < -0.4 is 0 Å². The summed E-state index contributed by atoms with van der Waals surface area (Å²) in [7, 11) is -3.33. The second-order valence-corrected chi connectivity index (χ2v) is 10.7. The van der Waals surface area contributed by atoms with Gasteiger partial charge in [-0.15, -0.1) is 0 Å². The lowest BCUT2D eigenvalue weighted by Gasteiger charge is -2.47. The molecule has 5 aromatic rings. The van der Waals surface area contributed by atoms with E-state index in [4.69, 9.17) is 10.1 Å². The molecule has 5 aromatic heterocycles. The maximum atomic E-state index is 11.9. The van der Waals surface area contributed by atoms with Crippen molar-refractivity contribution < 1.29 is 8.42 Å². The van der Waals surface area contributed by atoms with E-state index < -0.39 is 15.6 Å². The SMILES string of the molecule is CS(=O)(=O)N1CC(CC#N)(n2ccc(-c3nc(-c4cnn5ccccc45)cc4ncccc34)n2)C1. The zero-order valence-electron chi connectivity index (χ0n) is 18.8. The van der Waals surface area contributed by atoms with Gasteiger partial charge in [-0.05, 0) is 36.4 Å². The van der Waals surface area contributed by atoms with E-state index in [-0.39, 0.29) is 19.5 Å². The molecule has 6 rings (SSSR count). The quantitative estimate of drug-likeness (QED) is 0.376. The molecule has 1 aliphatic rings. The molecular weight excluding hydrogens is 464 g/mol. The molecule has 11 heteroatoms. The third-order valence-electron chi connectivity index (χ3n) is 6.44. The fraction of sp³-hybridized carbons (Fsp3) is 0.208. The number of hydrogen-bond donors (Lipinski definition) is 0. The Kier molecular flexibility index (Phi) is 4.70. The predicted molar refractivity (Wildman–Crippen MR) is 130 cm³/mol. The Balaban J connectivity index is 1.47. The molecule has 0 amide bonds. The average Bonchev–Trinajstić information content (AvgIpc) is 3.47. The van der Waals surface area contributed by atoms with Gasteiger partial charge in [0, 0.05) is 42.6 Å². The number of nitrogens with zero attached hydrogens (tertiary/aromatic N) is 8. The molecule has 0 spiro atoms. The minimum absolute atomic E-state index is 0.151. The standard InChI is InChI=1S/C24H20N8O2S/c1-35(33,34)30-15-24(16-30,8-9-25)32-12-7-19(29-32)23-17-5-4-10-26-20(17)13-21(28-23)18-14-27-31-11-3-2-6-22(18)31/h2-7,10-14H,8,15-16H2,1H3. The van der Waals surface area contributed by atoms with E-state index in [1.807, 2.05) is 48.7 Å². The van der Waals surface area contributed by atoms with Crippen LogP contribution in [0.1, 0.15) is 6.42 Å². The Morgan fingerprint density at radius 2 is 1.97 bits per heavy atom. The van der Waals surface area contributed by atoms with Gasteiger partial charge in [-0.1, -0.05) is 6.07 Å². The van der Waals surface area contributed by atoms with Gasteiger partial charge in [0.2, 0.25) is 10.0 Å². The van der Waals surface area contributed by atoms with Gasteiger partial charge in [-0.25, -0.2) is 17.9 Å². The second-order valence-electron chi connectivity index (χ2n) is 8.75. The normalized spacial score (nSPS) is 15.8. The highest BCUT2D eigenvalue weighted by Gasteiger charge is 2.49. The minimum Gasteiger partial charge on any atom is -0.262 e. The van der Waals surface area contributed by atoms with Crippen molar-refractivity contribution in [2.45, 2.75) is 12.0 Å². The van der Waals surface area contributed by atoms with E-state index in [1.54, 1.807) is 27.8 Å². The number of sulfonamides is 1. The van der Waals surface area contributed by atoms with Crippen molar-refractivity contribution in [2.24, 2.45) is 0 Å². The molecule has 1 aliphatic heterocycles. The topological polar surface area (TPSA) is 122 Å². The molecule has 6 heterocycles. The Morgan fingerprint density at radius 1 is 1.11 bits per heavy atom. The Labute approximate surface area is 201 Å². The molecule has 10 nitrogen and oxygen atoms in total. The van der Waals surface area contributed by atoms with E-state index in [0.29, 0.717) is 11.4 Å². The Morgan fingerprint density at radius 3 is 2.77 bits per heavy atom. The van der Waals surface area contributed by atoms with E-state index in [2.05, 4.69) is 16.2 Å². The third kappa shape index (κ3) is 3.46. The van der Waals surface area contributed by atoms with Crippen LogP contribution in [0.25, 0.3) is 39.1 Å². The molecule has 0 saturated carbocycles. The summed E-state index contributed by atoms with van der Waals surface area (Å²) in [5, 5.41) is 19.5. The van der Waals surface area contributed by atoms with Crippen molar-refractivity contribution in [2.75, 3.05) is 19.3 Å². The molecule has 0 aromatic carbocycles. The van der Waals surface area contributed by atoms with Crippen LogP contribution in [0.2, 0.25) is 0 Å². The first-order chi connectivity index (χ1) is 16.9. The molecule has 0 atom stereocenters. The summed E-state index contributed by atoms with van der Waals surface area (Å²) in [6.07, 6.45) is 8.52. The highest BCUT2D eigenvalue weighted by Crippen LogP contribution is 2.36. The van der Waals surface area contributed by atoms with E-state index in [1.165, 1.54) is 10.6 Å². The van der Waals surface area contributed by atoms with Crippen molar-refractivity contribution in [3.63, 3.8) is 0 Å². The third-order valence-corrected chi connectivity index (χ3v) is 7.63. The van der Waals surface area contributed by atoms with Gasteiger partial charge in [0.1, 0.15) is 16.9 Å². The van der Waals surface area contributed by atoms with Crippen LogP contribution in [-0.2, 0) is 15.6 Å². The molecule has 174 valence electrons. The minimum atomic E-state index is -3.33. The molecule has 1 fully saturated rings. The smallest absolute Gasteiger partial charge is 0.211 e. The van der Waals surface area contributed by atoms with Gasteiger partial charge in [0.15, 0.2) is 0 Å². The van der Waals surface area contributed by atoms with Crippen LogP contribution in [0.3, 0.4) is 0 Å². The van der Waals surface area contributed by atoms with Crippen molar-refractivity contribution in [1.82, 2.24) is 33.7 Å². The van der Waals surface area contributed by atoms with Crippen molar-refractivity contribution in [3.8, 4) is 28.7 Å². The first-order valence-electron chi connectivity index (χ1n) is 11.0. The summed E-state index contributed by atoms with van der Waals surface area (Å²) in [5.74, 6) is 0. The van der Waals surface area contributed by atoms with Gasteiger partial charge in [-0.2, -0.15) is 19.8 Å². The first-order valence-corrected chi connectivity index (χ1v) is 12.8. The van der Waals surface area contributed by atoms with Crippen LogP contribution in [-0.4, -0.2) is 61.4 Å². The fourth-order valence-corrected chi connectivity index (χ4v) is 5.53. The van der Waals surface area contributed by atoms with Crippen molar-refractivity contribution in [3.05, 3.63) is 67.3 Å². The van der Waals surface area contributed by atoms with Gasteiger partial charge < -0.3 is 0 Å². The first kappa shape index (κ1) is 21.4. The summed E-state index contributed by atoms with van der Waals surface area (Å²) >= 11 is 0. The molecule has 35 heavy (non-hydrogen) atoms. The Hall–Kier alpha value is -4.14. The average molecular weight is 485 g/mol. The monoisotopic (exact) mass is 484 g/mol.